The minimum absolute atomic E-state index is 0.421. The highest BCUT2D eigenvalue weighted by molar-refractivity contribution is 6.20. The molecular formula is C14H18ClN. The van der Waals surface area contributed by atoms with E-state index in [1.165, 1.54) is 31.2 Å². The average molecular weight is 236 g/mol. The Kier molecular flexibility index (Phi) is 2.91. The zero-order valence-corrected chi connectivity index (χ0v) is 10.2. The van der Waals surface area contributed by atoms with Gasteiger partial charge in [0.2, 0.25) is 0 Å². The van der Waals surface area contributed by atoms with Crippen molar-refractivity contribution in [1.29, 1.82) is 0 Å². The lowest BCUT2D eigenvalue weighted by molar-refractivity contribution is 0.134. The van der Waals surface area contributed by atoms with Crippen molar-refractivity contribution in [3.05, 3.63) is 35.9 Å². The molecule has 1 aromatic carbocycles. The minimum Gasteiger partial charge on any atom is -0.293 e. The van der Waals surface area contributed by atoms with Gasteiger partial charge in [-0.3, -0.25) is 4.90 Å². The summed E-state index contributed by atoms with van der Waals surface area (Å²) in [6.45, 7) is 1.11. The molecule has 0 saturated carbocycles. The quantitative estimate of drug-likeness (QED) is 0.710. The van der Waals surface area contributed by atoms with Crippen LogP contribution in [0.5, 0.6) is 0 Å². The number of hydrogen-bond donors (Lipinski definition) is 0. The summed E-state index contributed by atoms with van der Waals surface area (Å²) in [5.74, 6) is 0. The maximum absolute atomic E-state index is 6.29. The van der Waals surface area contributed by atoms with Crippen molar-refractivity contribution < 1.29 is 0 Å². The van der Waals surface area contributed by atoms with Crippen molar-refractivity contribution in [3.63, 3.8) is 0 Å². The third kappa shape index (κ3) is 1.99. The van der Waals surface area contributed by atoms with Gasteiger partial charge in [0.1, 0.15) is 0 Å². The topological polar surface area (TPSA) is 3.24 Å². The molecular weight excluding hydrogens is 218 g/mol. The van der Waals surface area contributed by atoms with Crippen LogP contribution in [0.1, 0.15) is 31.2 Å². The molecule has 2 saturated heterocycles. The van der Waals surface area contributed by atoms with Gasteiger partial charge >= 0.3 is 0 Å². The Hall–Kier alpha value is -0.530. The monoisotopic (exact) mass is 235 g/mol. The van der Waals surface area contributed by atoms with Crippen LogP contribution < -0.4 is 0 Å². The SMILES string of the molecule is ClC1CC2CCC(C1)N2Cc1ccccc1. The van der Waals surface area contributed by atoms with Gasteiger partial charge in [0.25, 0.3) is 0 Å². The molecule has 0 aliphatic carbocycles. The second kappa shape index (κ2) is 4.38. The van der Waals surface area contributed by atoms with Gasteiger partial charge < -0.3 is 0 Å². The van der Waals surface area contributed by atoms with E-state index in [4.69, 9.17) is 11.6 Å². The van der Waals surface area contributed by atoms with Gasteiger partial charge in [-0.2, -0.15) is 0 Å². The standard InChI is InChI=1S/C14H18ClN/c15-12-8-13-6-7-14(9-12)16(13)10-11-4-2-1-3-5-11/h1-5,12-14H,6-10H2. The van der Waals surface area contributed by atoms with Gasteiger partial charge in [-0.25, -0.2) is 0 Å². The van der Waals surface area contributed by atoms with E-state index in [-0.39, 0.29) is 0 Å². The molecule has 2 bridgehead atoms. The number of benzene rings is 1. The number of halogens is 1. The van der Waals surface area contributed by atoms with Gasteiger partial charge in [0.15, 0.2) is 0 Å². The molecule has 2 heterocycles. The van der Waals surface area contributed by atoms with Gasteiger partial charge in [-0.05, 0) is 31.2 Å². The first-order valence-corrected chi connectivity index (χ1v) is 6.70. The second-order valence-electron chi connectivity index (χ2n) is 5.11. The van der Waals surface area contributed by atoms with Crippen molar-refractivity contribution in [2.24, 2.45) is 0 Å². The predicted octanol–water partition coefficient (Wildman–Crippen LogP) is 3.42. The van der Waals surface area contributed by atoms with Crippen molar-refractivity contribution >= 4 is 11.6 Å². The summed E-state index contributed by atoms with van der Waals surface area (Å²) in [6, 6.07) is 12.3. The van der Waals surface area contributed by atoms with Gasteiger partial charge in [-0.1, -0.05) is 30.3 Å². The highest BCUT2D eigenvalue weighted by Crippen LogP contribution is 2.38. The zero-order valence-electron chi connectivity index (χ0n) is 9.48. The van der Waals surface area contributed by atoms with E-state index in [0.29, 0.717) is 5.38 Å². The molecule has 1 aromatic rings. The molecule has 2 atom stereocenters. The van der Waals surface area contributed by atoms with Gasteiger partial charge in [0, 0.05) is 24.0 Å². The van der Waals surface area contributed by atoms with Crippen LogP contribution in [-0.4, -0.2) is 22.4 Å². The summed E-state index contributed by atoms with van der Waals surface area (Å²) in [5.41, 5.74) is 1.44. The molecule has 2 aliphatic heterocycles. The molecule has 0 amide bonds. The average Bonchev–Trinajstić information content (AvgIpc) is 2.54. The summed E-state index contributed by atoms with van der Waals surface area (Å²) in [4.78, 5) is 2.67. The Bertz CT molecular complexity index is 337. The molecule has 1 nitrogen and oxygen atoms in total. The van der Waals surface area contributed by atoms with E-state index in [1.54, 1.807) is 0 Å². The molecule has 2 aliphatic rings. The third-order valence-electron chi connectivity index (χ3n) is 4.03. The number of alkyl halides is 1. The molecule has 0 N–H and O–H groups in total. The maximum atomic E-state index is 6.29. The Morgan fingerprint density at radius 3 is 2.31 bits per heavy atom. The summed E-state index contributed by atoms with van der Waals surface area (Å²) in [6.07, 6.45) is 5.07. The lowest BCUT2D eigenvalue weighted by Crippen LogP contribution is -2.42. The van der Waals surface area contributed by atoms with E-state index in [0.717, 1.165) is 18.6 Å². The first kappa shape index (κ1) is 10.6. The summed E-state index contributed by atoms with van der Waals surface area (Å²) < 4.78 is 0. The van der Waals surface area contributed by atoms with Crippen LogP contribution in [0.4, 0.5) is 0 Å². The van der Waals surface area contributed by atoms with Gasteiger partial charge in [0.05, 0.1) is 0 Å². The molecule has 86 valence electrons. The van der Waals surface area contributed by atoms with Crippen molar-refractivity contribution in [2.75, 3.05) is 0 Å². The lowest BCUT2D eigenvalue weighted by atomic mass is 10.0. The predicted molar refractivity (Wildman–Crippen MR) is 67.7 cm³/mol. The number of fused-ring (bicyclic) bond motifs is 2. The molecule has 0 radical (unpaired) electrons. The van der Waals surface area contributed by atoms with Crippen LogP contribution in [-0.2, 0) is 6.54 Å². The number of hydrogen-bond acceptors (Lipinski definition) is 1. The van der Waals surface area contributed by atoms with Crippen molar-refractivity contribution in [3.8, 4) is 0 Å². The van der Waals surface area contributed by atoms with E-state index in [9.17, 15) is 0 Å². The molecule has 2 unspecified atom stereocenters. The summed E-state index contributed by atoms with van der Waals surface area (Å²) >= 11 is 6.29. The van der Waals surface area contributed by atoms with E-state index in [1.807, 2.05) is 0 Å². The fourth-order valence-corrected chi connectivity index (χ4v) is 3.67. The van der Waals surface area contributed by atoms with E-state index >= 15 is 0 Å². The van der Waals surface area contributed by atoms with Crippen LogP contribution in [0, 0.1) is 0 Å². The first-order chi connectivity index (χ1) is 7.83. The number of piperidine rings is 1. The second-order valence-corrected chi connectivity index (χ2v) is 5.73. The third-order valence-corrected chi connectivity index (χ3v) is 4.39. The van der Waals surface area contributed by atoms with Gasteiger partial charge in [-0.15, -0.1) is 11.6 Å². The van der Waals surface area contributed by atoms with Crippen molar-refractivity contribution in [1.82, 2.24) is 4.90 Å². The highest BCUT2D eigenvalue weighted by Gasteiger charge is 2.39. The molecule has 16 heavy (non-hydrogen) atoms. The largest absolute Gasteiger partial charge is 0.293 e. The number of rotatable bonds is 2. The Morgan fingerprint density at radius 2 is 1.69 bits per heavy atom. The maximum Gasteiger partial charge on any atom is 0.0365 e. The molecule has 0 aromatic heterocycles. The summed E-state index contributed by atoms with van der Waals surface area (Å²) in [5, 5.41) is 0.421. The number of nitrogens with zero attached hydrogens (tertiary/aromatic N) is 1. The zero-order chi connectivity index (χ0) is 11.0. The Morgan fingerprint density at radius 1 is 1.06 bits per heavy atom. The van der Waals surface area contributed by atoms with Crippen LogP contribution in [0.15, 0.2) is 30.3 Å². The smallest absolute Gasteiger partial charge is 0.0365 e. The van der Waals surface area contributed by atoms with Crippen LogP contribution in [0.2, 0.25) is 0 Å². The lowest BCUT2D eigenvalue weighted by Gasteiger charge is -2.37. The molecule has 2 fully saturated rings. The van der Waals surface area contributed by atoms with Crippen LogP contribution in [0.25, 0.3) is 0 Å². The molecule has 3 rings (SSSR count). The first-order valence-electron chi connectivity index (χ1n) is 6.26. The Balaban J connectivity index is 1.72. The highest BCUT2D eigenvalue weighted by atomic mass is 35.5. The normalized spacial score (nSPS) is 34.2. The minimum atomic E-state index is 0.421. The molecule has 2 heteroatoms. The summed E-state index contributed by atoms with van der Waals surface area (Å²) in [7, 11) is 0. The van der Waals surface area contributed by atoms with E-state index < -0.39 is 0 Å². The molecule has 0 spiro atoms. The van der Waals surface area contributed by atoms with E-state index in [2.05, 4.69) is 35.2 Å². The van der Waals surface area contributed by atoms with Crippen LogP contribution >= 0.6 is 11.6 Å². The van der Waals surface area contributed by atoms with Crippen LogP contribution in [0.3, 0.4) is 0 Å². The van der Waals surface area contributed by atoms with Crippen molar-refractivity contribution in [2.45, 2.75) is 49.7 Å². The fraction of sp³-hybridized carbons (Fsp3) is 0.571. The fourth-order valence-electron chi connectivity index (χ4n) is 3.26. The Labute approximate surface area is 102 Å².